The van der Waals surface area contributed by atoms with Crippen LogP contribution in [0.15, 0.2) is 36.4 Å². The maximum atomic E-state index is 11.7. The number of fused-ring (bicyclic) bond motifs is 3. The van der Waals surface area contributed by atoms with Gasteiger partial charge < -0.3 is 0 Å². The first kappa shape index (κ1) is 8.54. The van der Waals surface area contributed by atoms with E-state index in [1.165, 1.54) is 16.7 Å². The molecule has 0 saturated heterocycles. The first-order valence-corrected chi connectivity index (χ1v) is 5.15. The maximum Gasteiger partial charge on any atom is 0.182 e. The number of benzene rings is 2. The zero-order valence-corrected chi connectivity index (χ0v) is 8.58. The van der Waals surface area contributed by atoms with Gasteiger partial charge in [0.25, 0.3) is 0 Å². The van der Waals surface area contributed by atoms with E-state index >= 15 is 0 Å². The molecule has 1 radical (unpaired) electrons. The zero-order valence-electron chi connectivity index (χ0n) is 8.58. The molecule has 1 nitrogen and oxygen atoms in total. The van der Waals surface area contributed by atoms with Gasteiger partial charge in [0.15, 0.2) is 5.75 Å². The van der Waals surface area contributed by atoms with Crippen molar-refractivity contribution in [3.8, 4) is 16.9 Å². The average molecular weight is 195 g/mol. The summed E-state index contributed by atoms with van der Waals surface area (Å²) in [5, 5.41) is 11.7. The Morgan fingerprint density at radius 3 is 2.73 bits per heavy atom. The molecule has 0 atom stereocenters. The Labute approximate surface area is 89.0 Å². The van der Waals surface area contributed by atoms with Gasteiger partial charge in [0.1, 0.15) is 0 Å². The molecular formula is C14H11O. The van der Waals surface area contributed by atoms with E-state index in [-0.39, 0.29) is 5.75 Å². The van der Waals surface area contributed by atoms with Crippen molar-refractivity contribution >= 4 is 0 Å². The molecule has 0 unspecified atom stereocenters. The van der Waals surface area contributed by atoms with Gasteiger partial charge in [0.05, 0.1) is 0 Å². The zero-order chi connectivity index (χ0) is 10.4. The standard InChI is InChI=1S/C14H11O/c1-9-6-7-13(15)12-8-10-4-2-3-5-11(10)14(9)12/h2-7H,8H2,1H3. The monoisotopic (exact) mass is 195 g/mol. The SMILES string of the molecule is Cc1ccc([O])c2c1-c1ccccc1C2. The molecule has 0 amide bonds. The summed E-state index contributed by atoms with van der Waals surface area (Å²) in [5.41, 5.74) is 5.85. The van der Waals surface area contributed by atoms with Gasteiger partial charge in [0.2, 0.25) is 0 Å². The van der Waals surface area contributed by atoms with Crippen molar-refractivity contribution in [2.45, 2.75) is 13.3 Å². The highest BCUT2D eigenvalue weighted by Gasteiger charge is 2.22. The molecule has 1 aliphatic rings. The summed E-state index contributed by atoms with van der Waals surface area (Å²) >= 11 is 0. The molecule has 2 aromatic carbocycles. The van der Waals surface area contributed by atoms with Crippen LogP contribution in [-0.4, -0.2) is 0 Å². The minimum absolute atomic E-state index is 0.173. The molecule has 0 aliphatic heterocycles. The number of hydrogen-bond donors (Lipinski definition) is 0. The summed E-state index contributed by atoms with van der Waals surface area (Å²) in [4.78, 5) is 0. The topological polar surface area (TPSA) is 19.9 Å². The fourth-order valence-electron chi connectivity index (χ4n) is 2.41. The van der Waals surface area contributed by atoms with E-state index in [1.807, 2.05) is 18.2 Å². The quantitative estimate of drug-likeness (QED) is 0.521. The molecule has 0 N–H and O–H groups in total. The third kappa shape index (κ3) is 1.09. The third-order valence-electron chi connectivity index (χ3n) is 3.13. The molecule has 0 fully saturated rings. The van der Waals surface area contributed by atoms with E-state index in [2.05, 4.69) is 19.1 Å². The number of hydrogen-bond acceptors (Lipinski definition) is 0. The number of aryl methyl sites for hydroxylation is 1. The molecule has 1 heteroatoms. The fraction of sp³-hybridized carbons (Fsp3) is 0.143. The Bertz CT molecular complexity index is 541. The molecular weight excluding hydrogens is 184 g/mol. The lowest BCUT2D eigenvalue weighted by Gasteiger charge is -2.05. The van der Waals surface area contributed by atoms with Gasteiger partial charge in [-0.25, -0.2) is 0 Å². The van der Waals surface area contributed by atoms with Gasteiger partial charge in [0, 0.05) is 12.0 Å². The van der Waals surface area contributed by atoms with Gasteiger partial charge in [-0.3, -0.25) is 5.11 Å². The third-order valence-corrected chi connectivity index (χ3v) is 3.13. The predicted octanol–water partition coefficient (Wildman–Crippen LogP) is 3.71. The number of rotatable bonds is 0. The van der Waals surface area contributed by atoms with Crippen molar-refractivity contribution in [2.24, 2.45) is 0 Å². The van der Waals surface area contributed by atoms with Crippen molar-refractivity contribution in [3.05, 3.63) is 53.1 Å². The van der Waals surface area contributed by atoms with Gasteiger partial charge in [-0.2, -0.15) is 0 Å². The lowest BCUT2D eigenvalue weighted by atomic mass is 10.00. The second-order valence-corrected chi connectivity index (χ2v) is 4.07. The second-order valence-electron chi connectivity index (χ2n) is 4.07. The Morgan fingerprint density at radius 2 is 1.87 bits per heavy atom. The van der Waals surface area contributed by atoms with Crippen LogP contribution in [0.2, 0.25) is 0 Å². The Balaban J connectivity index is 2.37. The summed E-state index contributed by atoms with van der Waals surface area (Å²) in [6.45, 7) is 2.07. The lowest BCUT2D eigenvalue weighted by molar-refractivity contribution is 0.351. The summed E-state index contributed by atoms with van der Waals surface area (Å²) in [6.07, 6.45) is 0.798. The minimum atomic E-state index is 0.173. The smallest absolute Gasteiger partial charge is 0.182 e. The highest BCUT2D eigenvalue weighted by molar-refractivity contribution is 5.81. The van der Waals surface area contributed by atoms with Crippen molar-refractivity contribution in [3.63, 3.8) is 0 Å². The predicted molar refractivity (Wildman–Crippen MR) is 59.6 cm³/mol. The van der Waals surface area contributed by atoms with Crippen molar-refractivity contribution in [1.29, 1.82) is 0 Å². The van der Waals surface area contributed by atoms with Crippen LogP contribution in [0, 0.1) is 6.92 Å². The molecule has 1 aliphatic carbocycles. The van der Waals surface area contributed by atoms with Crippen molar-refractivity contribution in [2.75, 3.05) is 0 Å². The van der Waals surface area contributed by atoms with Gasteiger partial charge in [-0.1, -0.05) is 30.3 Å². The van der Waals surface area contributed by atoms with E-state index in [9.17, 15) is 5.11 Å². The molecule has 0 aromatic heterocycles. The van der Waals surface area contributed by atoms with E-state index < -0.39 is 0 Å². The minimum Gasteiger partial charge on any atom is -0.290 e. The Morgan fingerprint density at radius 1 is 1.07 bits per heavy atom. The summed E-state index contributed by atoms with van der Waals surface area (Å²) in [5.74, 6) is 0.173. The Hall–Kier alpha value is -1.76. The van der Waals surface area contributed by atoms with Gasteiger partial charge in [-0.15, -0.1) is 0 Å². The van der Waals surface area contributed by atoms with Crippen LogP contribution in [0.3, 0.4) is 0 Å². The van der Waals surface area contributed by atoms with E-state index in [0.717, 1.165) is 17.5 Å². The normalized spacial score (nSPS) is 12.3. The highest BCUT2D eigenvalue weighted by Crippen LogP contribution is 2.42. The molecule has 0 spiro atoms. The van der Waals surface area contributed by atoms with Crippen LogP contribution in [-0.2, 0) is 11.5 Å². The molecule has 73 valence electrons. The molecule has 0 bridgehead atoms. The first-order chi connectivity index (χ1) is 7.27. The van der Waals surface area contributed by atoms with E-state index in [1.54, 1.807) is 6.07 Å². The van der Waals surface area contributed by atoms with Gasteiger partial charge >= 0.3 is 0 Å². The van der Waals surface area contributed by atoms with E-state index in [0.29, 0.717) is 0 Å². The highest BCUT2D eigenvalue weighted by atomic mass is 16.3. The van der Waals surface area contributed by atoms with Crippen LogP contribution in [0.4, 0.5) is 0 Å². The van der Waals surface area contributed by atoms with Crippen LogP contribution in [0.5, 0.6) is 5.75 Å². The molecule has 15 heavy (non-hydrogen) atoms. The first-order valence-electron chi connectivity index (χ1n) is 5.15. The van der Waals surface area contributed by atoms with Crippen molar-refractivity contribution < 1.29 is 5.11 Å². The molecule has 3 rings (SSSR count). The lowest BCUT2D eigenvalue weighted by Crippen LogP contribution is -1.83. The summed E-state index contributed by atoms with van der Waals surface area (Å²) in [6, 6.07) is 11.9. The summed E-state index contributed by atoms with van der Waals surface area (Å²) in [7, 11) is 0. The Kier molecular flexibility index (Phi) is 1.63. The maximum absolute atomic E-state index is 11.7. The second kappa shape index (κ2) is 2.86. The fourth-order valence-corrected chi connectivity index (χ4v) is 2.41. The van der Waals surface area contributed by atoms with Crippen LogP contribution in [0.25, 0.3) is 11.1 Å². The van der Waals surface area contributed by atoms with Crippen LogP contribution >= 0.6 is 0 Å². The average Bonchev–Trinajstić information content (AvgIpc) is 2.64. The molecule has 0 saturated carbocycles. The molecule has 2 aromatic rings. The summed E-state index contributed by atoms with van der Waals surface area (Å²) < 4.78 is 0. The molecule has 0 heterocycles. The largest absolute Gasteiger partial charge is 0.290 e. The van der Waals surface area contributed by atoms with E-state index in [4.69, 9.17) is 0 Å². The van der Waals surface area contributed by atoms with Gasteiger partial charge in [-0.05, 0) is 35.2 Å². The van der Waals surface area contributed by atoms with Crippen molar-refractivity contribution in [1.82, 2.24) is 0 Å². The van der Waals surface area contributed by atoms with Crippen LogP contribution in [0.1, 0.15) is 16.7 Å². The van der Waals surface area contributed by atoms with Crippen LogP contribution < -0.4 is 0 Å².